The minimum Gasteiger partial charge on any atom is -0.325 e. The van der Waals surface area contributed by atoms with Crippen molar-refractivity contribution in [3.63, 3.8) is 0 Å². The molecule has 2 aliphatic heterocycles. The lowest BCUT2D eigenvalue weighted by Gasteiger charge is -2.30. The second-order valence-corrected chi connectivity index (χ2v) is 11.5. The van der Waals surface area contributed by atoms with Crippen LogP contribution in [-0.4, -0.2) is 27.5 Å². The molecular formula is C29H23N3O4S2. The van der Waals surface area contributed by atoms with Gasteiger partial charge in [-0.3, -0.25) is 23.7 Å². The summed E-state index contributed by atoms with van der Waals surface area (Å²) in [5, 5.41) is 2.72. The van der Waals surface area contributed by atoms with Gasteiger partial charge in [0.05, 0.1) is 16.6 Å². The van der Waals surface area contributed by atoms with Crippen LogP contribution >= 0.6 is 23.1 Å². The zero-order valence-corrected chi connectivity index (χ0v) is 22.0. The highest BCUT2D eigenvalue weighted by atomic mass is 32.2. The Balaban J connectivity index is 1.40. The molecule has 38 heavy (non-hydrogen) atoms. The summed E-state index contributed by atoms with van der Waals surface area (Å²) in [6, 6.07) is 25.9. The van der Waals surface area contributed by atoms with Gasteiger partial charge in [-0.25, -0.2) is 4.90 Å². The number of fused-ring (bicyclic) bond motifs is 2. The Morgan fingerprint density at radius 1 is 0.895 bits per heavy atom. The first-order valence-electron chi connectivity index (χ1n) is 12.2. The summed E-state index contributed by atoms with van der Waals surface area (Å²) < 4.78 is 1.44. The highest BCUT2D eigenvalue weighted by Gasteiger charge is 2.56. The summed E-state index contributed by atoms with van der Waals surface area (Å²) in [7, 11) is 0. The molecule has 6 rings (SSSR count). The first-order chi connectivity index (χ1) is 18.4. The van der Waals surface area contributed by atoms with Gasteiger partial charge in [-0.15, -0.1) is 0 Å². The van der Waals surface area contributed by atoms with E-state index in [-0.39, 0.29) is 29.1 Å². The lowest BCUT2D eigenvalue weighted by Crippen LogP contribution is -2.33. The predicted molar refractivity (Wildman–Crippen MR) is 149 cm³/mol. The predicted octanol–water partition coefficient (Wildman–Crippen LogP) is 4.65. The first-order valence-corrected chi connectivity index (χ1v) is 13.9. The molecule has 0 spiro atoms. The van der Waals surface area contributed by atoms with Crippen LogP contribution in [-0.2, 0) is 20.9 Å². The third kappa shape index (κ3) is 4.17. The second kappa shape index (κ2) is 9.74. The summed E-state index contributed by atoms with van der Waals surface area (Å²) in [5.74, 6) is -2.05. The number of nitrogens with one attached hydrogen (secondary N) is 1. The molecule has 3 unspecified atom stereocenters. The molecule has 1 fully saturated rings. The quantitative estimate of drug-likeness (QED) is 0.372. The lowest BCUT2D eigenvalue weighted by atomic mass is 9.83. The van der Waals surface area contributed by atoms with Crippen LogP contribution in [0.1, 0.15) is 21.9 Å². The highest BCUT2D eigenvalue weighted by molar-refractivity contribution is 8.00. The third-order valence-corrected chi connectivity index (χ3v) is 9.43. The summed E-state index contributed by atoms with van der Waals surface area (Å²) >= 11 is 2.26. The van der Waals surface area contributed by atoms with Crippen LogP contribution in [0.15, 0.2) is 94.7 Å². The first kappa shape index (κ1) is 24.4. The molecule has 1 aromatic heterocycles. The van der Waals surface area contributed by atoms with Crippen molar-refractivity contribution in [3.8, 4) is 0 Å². The van der Waals surface area contributed by atoms with E-state index in [1.54, 1.807) is 30.3 Å². The Hall–Kier alpha value is -3.95. The summed E-state index contributed by atoms with van der Waals surface area (Å²) in [4.78, 5) is 55.3. The standard InChI is InChI=1S/C29H23N3O4S2/c1-17-9-8-12-19(15-17)30-21(33)16-31-28-25(38-29(31)36)22(18-10-4-2-5-11-18)23-24(37-28)27(35)32(26(23)34)20-13-6-3-7-14-20/h2-15,22-24H,16H2,1H3,(H,30,33). The van der Waals surface area contributed by atoms with Gasteiger partial charge in [0.15, 0.2) is 0 Å². The number of thioether (sulfide) groups is 1. The van der Waals surface area contributed by atoms with E-state index in [1.165, 1.54) is 21.2 Å². The number of carbonyl (C=O) groups excluding carboxylic acids is 3. The van der Waals surface area contributed by atoms with Crippen LogP contribution in [0.3, 0.4) is 0 Å². The fraction of sp³-hybridized carbons (Fsp3) is 0.172. The Bertz CT molecular complexity index is 1610. The van der Waals surface area contributed by atoms with Gasteiger partial charge in [0.25, 0.3) is 0 Å². The molecule has 3 heterocycles. The maximum absolute atomic E-state index is 13.8. The van der Waals surface area contributed by atoms with Crippen LogP contribution in [0.2, 0.25) is 0 Å². The van der Waals surface area contributed by atoms with Crippen molar-refractivity contribution in [1.82, 2.24) is 4.57 Å². The number of aromatic nitrogens is 1. The molecule has 2 aliphatic rings. The Kier molecular flexibility index (Phi) is 6.25. The average molecular weight is 542 g/mol. The van der Waals surface area contributed by atoms with E-state index < -0.39 is 17.1 Å². The van der Waals surface area contributed by atoms with Gasteiger partial charge in [0, 0.05) is 16.5 Å². The molecule has 3 atom stereocenters. The number of carbonyl (C=O) groups is 3. The van der Waals surface area contributed by atoms with E-state index in [9.17, 15) is 19.2 Å². The Morgan fingerprint density at radius 2 is 1.61 bits per heavy atom. The fourth-order valence-electron chi connectivity index (χ4n) is 5.17. The normalized spacial score (nSPS) is 20.2. The number of thiazole rings is 1. The smallest absolute Gasteiger partial charge is 0.308 e. The highest BCUT2D eigenvalue weighted by Crippen LogP contribution is 2.53. The fourth-order valence-corrected chi connectivity index (χ4v) is 7.95. The maximum Gasteiger partial charge on any atom is 0.308 e. The molecule has 1 saturated heterocycles. The van der Waals surface area contributed by atoms with Crippen molar-refractivity contribution in [1.29, 1.82) is 0 Å². The average Bonchev–Trinajstić information content (AvgIpc) is 3.35. The largest absolute Gasteiger partial charge is 0.325 e. The molecule has 1 N–H and O–H groups in total. The van der Waals surface area contributed by atoms with Gasteiger partial charge in [0.2, 0.25) is 17.7 Å². The van der Waals surface area contributed by atoms with Gasteiger partial charge < -0.3 is 5.32 Å². The van der Waals surface area contributed by atoms with Crippen molar-refractivity contribution < 1.29 is 14.4 Å². The van der Waals surface area contributed by atoms with Crippen LogP contribution in [0.5, 0.6) is 0 Å². The van der Waals surface area contributed by atoms with Crippen molar-refractivity contribution in [2.75, 3.05) is 10.2 Å². The number of anilines is 2. The van der Waals surface area contributed by atoms with E-state index in [2.05, 4.69) is 5.32 Å². The van der Waals surface area contributed by atoms with Gasteiger partial charge in [-0.2, -0.15) is 0 Å². The number of nitrogens with zero attached hydrogens (tertiary/aromatic N) is 2. The molecule has 9 heteroatoms. The third-order valence-electron chi connectivity index (χ3n) is 6.83. The van der Waals surface area contributed by atoms with E-state index in [0.29, 0.717) is 21.3 Å². The SMILES string of the molecule is Cc1cccc(NC(=O)Cn2c3c(sc2=O)C(c2ccccc2)C2C(=O)N(c4ccccc4)C(=O)C2S3)c1. The molecule has 190 valence electrons. The van der Waals surface area contributed by atoms with Gasteiger partial charge in [-0.05, 0) is 42.3 Å². The molecule has 7 nitrogen and oxygen atoms in total. The van der Waals surface area contributed by atoms with Gasteiger partial charge in [0.1, 0.15) is 11.8 Å². The molecule has 0 radical (unpaired) electrons. The number of aryl methyl sites for hydroxylation is 1. The monoisotopic (exact) mass is 541 g/mol. The minimum atomic E-state index is -0.708. The number of benzene rings is 3. The minimum absolute atomic E-state index is 0.185. The van der Waals surface area contributed by atoms with E-state index in [0.717, 1.165) is 22.5 Å². The van der Waals surface area contributed by atoms with Crippen LogP contribution in [0.25, 0.3) is 0 Å². The molecule has 4 aromatic rings. The van der Waals surface area contributed by atoms with Gasteiger partial charge >= 0.3 is 4.87 Å². The number of hydrogen-bond donors (Lipinski definition) is 1. The summed E-state index contributed by atoms with van der Waals surface area (Å²) in [6.45, 7) is 1.75. The molecular weight excluding hydrogens is 518 g/mol. The Labute approximate surface area is 227 Å². The van der Waals surface area contributed by atoms with Crippen molar-refractivity contribution in [2.24, 2.45) is 5.92 Å². The molecule has 3 aromatic carbocycles. The van der Waals surface area contributed by atoms with Crippen LogP contribution < -0.4 is 15.1 Å². The van der Waals surface area contributed by atoms with Gasteiger partial charge in [-0.1, -0.05) is 83.8 Å². The van der Waals surface area contributed by atoms with Crippen molar-refractivity contribution in [2.45, 2.75) is 29.7 Å². The van der Waals surface area contributed by atoms with E-state index in [1.807, 2.05) is 61.5 Å². The second-order valence-electron chi connectivity index (χ2n) is 9.34. The lowest BCUT2D eigenvalue weighted by molar-refractivity contribution is -0.122. The number of amides is 3. The number of hydrogen-bond acceptors (Lipinski definition) is 6. The Morgan fingerprint density at radius 3 is 2.32 bits per heavy atom. The van der Waals surface area contributed by atoms with E-state index in [4.69, 9.17) is 0 Å². The van der Waals surface area contributed by atoms with Crippen LogP contribution in [0.4, 0.5) is 11.4 Å². The molecule has 3 amide bonds. The molecule has 0 saturated carbocycles. The maximum atomic E-state index is 13.8. The topological polar surface area (TPSA) is 88.5 Å². The number of rotatable bonds is 5. The van der Waals surface area contributed by atoms with Crippen LogP contribution in [0, 0.1) is 12.8 Å². The van der Waals surface area contributed by atoms with E-state index >= 15 is 0 Å². The molecule has 0 aliphatic carbocycles. The summed E-state index contributed by atoms with van der Waals surface area (Å²) in [6.07, 6.45) is 0. The van der Waals surface area contributed by atoms with Crippen molar-refractivity contribution >= 4 is 52.2 Å². The zero-order chi connectivity index (χ0) is 26.4. The zero-order valence-electron chi connectivity index (χ0n) is 20.4. The number of imide groups is 1. The van der Waals surface area contributed by atoms with Crippen molar-refractivity contribution in [3.05, 3.63) is 111 Å². The molecule has 0 bridgehead atoms. The number of para-hydroxylation sites is 1. The summed E-state index contributed by atoms with van der Waals surface area (Å²) in [5.41, 5.74) is 3.05.